The lowest BCUT2D eigenvalue weighted by molar-refractivity contribution is 0.202. The molecule has 1 unspecified atom stereocenters. The van der Waals surface area contributed by atoms with Gasteiger partial charge in [0.05, 0.1) is 0 Å². The molecular formula is C13H20FNO. The normalized spacial score (nSPS) is 13.6. The molecule has 3 heteroatoms. The SMILES string of the molecule is CC(CNC(C)(C)C)Oc1cccc(F)c1. The summed E-state index contributed by atoms with van der Waals surface area (Å²) in [6.07, 6.45) is 0.0148. The Morgan fingerprint density at radius 3 is 2.62 bits per heavy atom. The summed E-state index contributed by atoms with van der Waals surface area (Å²) in [7, 11) is 0. The molecule has 1 atom stereocenters. The Balaban J connectivity index is 2.43. The summed E-state index contributed by atoms with van der Waals surface area (Å²) in [5.41, 5.74) is 0.0690. The second kappa shape index (κ2) is 5.30. The Morgan fingerprint density at radius 2 is 2.06 bits per heavy atom. The summed E-state index contributed by atoms with van der Waals surface area (Å²) < 4.78 is 18.5. The fourth-order valence-corrected chi connectivity index (χ4v) is 1.26. The van der Waals surface area contributed by atoms with Crippen LogP contribution < -0.4 is 10.1 Å². The Bertz CT molecular complexity index is 333. The molecule has 0 saturated heterocycles. The maximum atomic E-state index is 12.9. The van der Waals surface area contributed by atoms with Gasteiger partial charge >= 0.3 is 0 Å². The lowest BCUT2D eigenvalue weighted by Crippen LogP contribution is -2.41. The third kappa shape index (κ3) is 5.12. The molecule has 1 aromatic rings. The molecule has 0 fully saturated rings. The van der Waals surface area contributed by atoms with Crippen molar-refractivity contribution in [2.75, 3.05) is 6.54 Å². The van der Waals surface area contributed by atoms with E-state index in [1.807, 2.05) is 6.92 Å². The third-order valence-corrected chi connectivity index (χ3v) is 2.05. The highest BCUT2D eigenvalue weighted by Gasteiger charge is 2.11. The summed E-state index contributed by atoms with van der Waals surface area (Å²) in [5.74, 6) is 0.302. The van der Waals surface area contributed by atoms with E-state index in [9.17, 15) is 4.39 Å². The molecule has 0 aliphatic carbocycles. The van der Waals surface area contributed by atoms with Crippen molar-refractivity contribution in [2.45, 2.75) is 39.3 Å². The summed E-state index contributed by atoms with van der Waals surface area (Å²) in [6, 6.07) is 6.21. The van der Waals surface area contributed by atoms with Gasteiger partial charge < -0.3 is 10.1 Å². The average molecular weight is 225 g/mol. The predicted molar refractivity (Wildman–Crippen MR) is 64.2 cm³/mol. The van der Waals surface area contributed by atoms with Gasteiger partial charge in [-0.1, -0.05) is 6.07 Å². The van der Waals surface area contributed by atoms with E-state index in [1.54, 1.807) is 12.1 Å². The van der Waals surface area contributed by atoms with Gasteiger partial charge in [-0.25, -0.2) is 4.39 Å². The zero-order valence-corrected chi connectivity index (χ0v) is 10.4. The van der Waals surface area contributed by atoms with Gasteiger partial charge in [0, 0.05) is 18.2 Å². The number of ether oxygens (including phenoxy) is 1. The van der Waals surface area contributed by atoms with Crippen LogP contribution in [0, 0.1) is 5.82 Å². The number of hydrogen-bond donors (Lipinski definition) is 1. The van der Waals surface area contributed by atoms with Crippen molar-refractivity contribution in [3.05, 3.63) is 30.1 Å². The predicted octanol–water partition coefficient (Wildman–Crippen LogP) is 2.98. The maximum Gasteiger partial charge on any atom is 0.126 e. The lowest BCUT2D eigenvalue weighted by atomic mass is 10.1. The smallest absolute Gasteiger partial charge is 0.126 e. The molecule has 0 spiro atoms. The highest BCUT2D eigenvalue weighted by Crippen LogP contribution is 2.13. The van der Waals surface area contributed by atoms with E-state index in [-0.39, 0.29) is 17.5 Å². The number of halogens is 1. The van der Waals surface area contributed by atoms with E-state index in [4.69, 9.17) is 4.74 Å². The zero-order valence-electron chi connectivity index (χ0n) is 10.4. The van der Waals surface area contributed by atoms with Gasteiger partial charge in [0.15, 0.2) is 0 Å². The first kappa shape index (κ1) is 13.0. The van der Waals surface area contributed by atoms with Crippen molar-refractivity contribution in [1.29, 1.82) is 0 Å². The van der Waals surface area contributed by atoms with Crippen LogP contribution in [0.4, 0.5) is 4.39 Å². The molecule has 16 heavy (non-hydrogen) atoms. The summed E-state index contributed by atoms with van der Waals surface area (Å²) in [5, 5.41) is 3.34. The minimum absolute atomic E-state index is 0.0148. The lowest BCUT2D eigenvalue weighted by Gasteiger charge is -2.24. The number of nitrogens with one attached hydrogen (secondary N) is 1. The summed E-state index contributed by atoms with van der Waals surface area (Å²) in [4.78, 5) is 0. The van der Waals surface area contributed by atoms with Crippen LogP contribution in [-0.2, 0) is 0 Å². The van der Waals surface area contributed by atoms with Gasteiger partial charge in [0.25, 0.3) is 0 Å². The molecule has 0 aromatic heterocycles. The highest BCUT2D eigenvalue weighted by molar-refractivity contribution is 5.22. The Morgan fingerprint density at radius 1 is 1.38 bits per heavy atom. The minimum Gasteiger partial charge on any atom is -0.489 e. The largest absolute Gasteiger partial charge is 0.489 e. The van der Waals surface area contributed by atoms with E-state index < -0.39 is 0 Å². The minimum atomic E-state index is -0.270. The molecule has 0 bridgehead atoms. The van der Waals surface area contributed by atoms with Crippen molar-refractivity contribution >= 4 is 0 Å². The van der Waals surface area contributed by atoms with Crippen LogP contribution in [0.1, 0.15) is 27.7 Å². The molecule has 0 heterocycles. The van der Waals surface area contributed by atoms with Crippen molar-refractivity contribution in [3.63, 3.8) is 0 Å². The van der Waals surface area contributed by atoms with Crippen LogP contribution >= 0.6 is 0 Å². The third-order valence-electron chi connectivity index (χ3n) is 2.05. The molecule has 1 rings (SSSR count). The van der Waals surface area contributed by atoms with E-state index in [0.29, 0.717) is 5.75 Å². The molecule has 0 saturated carbocycles. The summed E-state index contributed by atoms with van der Waals surface area (Å²) >= 11 is 0. The van der Waals surface area contributed by atoms with Gasteiger partial charge in [-0.15, -0.1) is 0 Å². The molecule has 1 aromatic carbocycles. The first-order valence-electron chi connectivity index (χ1n) is 5.54. The highest BCUT2D eigenvalue weighted by atomic mass is 19.1. The van der Waals surface area contributed by atoms with Crippen molar-refractivity contribution in [2.24, 2.45) is 0 Å². The summed E-state index contributed by atoms with van der Waals surface area (Å²) in [6.45, 7) is 9.00. The van der Waals surface area contributed by atoms with Crippen molar-refractivity contribution < 1.29 is 9.13 Å². The molecule has 0 amide bonds. The van der Waals surface area contributed by atoms with Crippen LogP contribution in [0.5, 0.6) is 5.75 Å². The fourth-order valence-electron chi connectivity index (χ4n) is 1.26. The fraction of sp³-hybridized carbons (Fsp3) is 0.538. The van der Waals surface area contributed by atoms with Gasteiger partial charge in [-0.3, -0.25) is 0 Å². The molecular weight excluding hydrogens is 205 g/mol. The first-order valence-corrected chi connectivity index (χ1v) is 5.54. The van der Waals surface area contributed by atoms with Gasteiger partial charge in [0.2, 0.25) is 0 Å². The Hall–Kier alpha value is -1.09. The number of rotatable bonds is 4. The van der Waals surface area contributed by atoms with Gasteiger partial charge in [-0.2, -0.15) is 0 Å². The van der Waals surface area contributed by atoms with Gasteiger partial charge in [0.1, 0.15) is 17.7 Å². The molecule has 1 N–H and O–H groups in total. The number of hydrogen-bond acceptors (Lipinski definition) is 2. The van der Waals surface area contributed by atoms with E-state index in [2.05, 4.69) is 26.1 Å². The van der Waals surface area contributed by atoms with Crippen LogP contribution in [0.2, 0.25) is 0 Å². The van der Waals surface area contributed by atoms with Crippen molar-refractivity contribution in [1.82, 2.24) is 5.32 Å². The van der Waals surface area contributed by atoms with E-state index in [0.717, 1.165) is 6.54 Å². The molecule has 0 aliphatic heterocycles. The quantitative estimate of drug-likeness (QED) is 0.850. The molecule has 2 nitrogen and oxygen atoms in total. The Kier molecular flexibility index (Phi) is 4.30. The van der Waals surface area contributed by atoms with Crippen LogP contribution in [0.3, 0.4) is 0 Å². The van der Waals surface area contributed by atoms with Crippen molar-refractivity contribution in [3.8, 4) is 5.75 Å². The Labute approximate surface area is 96.8 Å². The number of benzene rings is 1. The zero-order chi connectivity index (χ0) is 12.2. The average Bonchev–Trinajstić information content (AvgIpc) is 2.14. The van der Waals surface area contributed by atoms with Crippen LogP contribution in [0.25, 0.3) is 0 Å². The second-order valence-electron chi connectivity index (χ2n) is 5.02. The maximum absolute atomic E-state index is 12.9. The molecule has 0 aliphatic rings. The first-order chi connectivity index (χ1) is 7.37. The molecule has 0 radical (unpaired) electrons. The van der Waals surface area contributed by atoms with E-state index >= 15 is 0 Å². The van der Waals surface area contributed by atoms with E-state index in [1.165, 1.54) is 12.1 Å². The van der Waals surface area contributed by atoms with Gasteiger partial charge in [-0.05, 0) is 39.8 Å². The monoisotopic (exact) mass is 225 g/mol. The topological polar surface area (TPSA) is 21.3 Å². The molecule has 90 valence electrons. The second-order valence-corrected chi connectivity index (χ2v) is 5.02. The van der Waals surface area contributed by atoms with Crippen LogP contribution in [0.15, 0.2) is 24.3 Å². The van der Waals surface area contributed by atoms with Crippen LogP contribution in [-0.4, -0.2) is 18.2 Å². The standard InChI is InChI=1S/C13H20FNO/c1-10(9-15-13(2,3)4)16-12-7-5-6-11(14)8-12/h5-8,10,15H,9H2,1-4H3.